The Morgan fingerprint density at radius 1 is 1.27 bits per heavy atom. The molecule has 3 heterocycles. The van der Waals surface area contributed by atoms with Gasteiger partial charge in [-0.25, -0.2) is 0 Å². The third kappa shape index (κ3) is 4.01. The molecule has 1 saturated carbocycles. The second kappa shape index (κ2) is 8.35. The molecule has 1 N–H and O–H groups in total. The summed E-state index contributed by atoms with van der Waals surface area (Å²) in [7, 11) is 0. The number of amides is 1. The van der Waals surface area contributed by atoms with Crippen molar-refractivity contribution in [2.75, 3.05) is 13.2 Å². The van der Waals surface area contributed by atoms with Crippen molar-refractivity contribution in [3.8, 4) is 0 Å². The average molecular weight is 374 g/mol. The van der Waals surface area contributed by atoms with Gasteiger partial charge in [-0.15, -0.1) is 0 Å². The van der Waals surface area contributed by atoms with Gasteiger partial charge in [0.05, 0.1) is 23.6 Å². The minimum Gasteiger partial charge on any atom is -0.376 e. The highest BCUT2D eigenvalue weighted by molar-refractivity contribution is 7.07. The zero-order valence-corrected chi connectivity index (χ0v) is 16.0. The van der Waals surface area contributed by atoms with Crippen LogP contribution in [0.15, 0.2) is 23.0 Å². The molecule has 1 atom stereocenters. The van der Waals surface area contributed by atoms with E-state index in [9.17, 15) is 4.79 Å². The molecule has 1 aliphatic heterocycles. The van der Waals surface area contributed by atoms with E-state index in [0.717, 1.165) is 43.5 Å². The first kappa shape index (κ1) is 17.7. The van der Waals surface area contributed by atoms with Crippen LogP contribution in [0.25, 0.3) is 0 Å². The molecule has 2 aromatic rings. The molecule has 6 heteroatoms. The molecule has 0 spiro atoms. The first-order valence-corrected chi connectivity index (χ1v) is 10.7. The number of ether oxygens (including phenoxy) is 1. The highest BCUT2D eigenvalue weighted by Gasteiger charge is 2.28. The van der Waals surface area contributed by atoms with Gasteiger partial charge < -0.3 is 9.64 Å². The number of nitrogens with zero attached hydrogens (tertiary/aromatic N) is 2. The Balaban J connectivity index is 1.54. The van der Waals surface area contributed by atoms with E-state index >= 15 is 0 Å². The maximum atomic E-state index is 13.4. The Kier molecular flexibility index (Phi) is 5.70. The first-order chi connectivity index (χ1) is 12.8. The van der Waals surface area contributed by atoms with Crippen molar-refractivity contribution in [1.82, 2.24) is 15.1 Å². The normalized spacial score (nSPS) is 21.2. The summed E-state index contributed by atoms with van der Waals surface area (Å²) in [6.45, 7) is 2.10. The van der Waals surface area contributed by atoms with Crippen molar-refractivity contribution in [2.45, 2.75) is 63.5 Å². The van der Waals surface area contributed by atoms with Gasteiger partial charge in [0.2, 0.25) is 0 Å². The van der Waals surface area contributed by atoms with Crippen LogP contribution < -0.4 is 0 Å². The van der Waals surface area contributed by atoms with Crippen LogP contribution in [0.1, 0.15) is 72.5 Å². The molecule has 5 nitrogen and oxygen atoms in total. The molecule has 0 aromatic carbocycles. The Morgan fingerprint density at radius 2 is 2.15 bits per heavy atom. The van der Waals surface area contributed by atoms with Crippen LogP contribution >= 0.6 is 11.3 Å². The lowest BCUT2D eigenvalue weighted by Crippen LogP contribution is -2.37. The van der Waals surface area contributed by atoms with E-state index in [0.29, 0.717) is 19.0 Å². The minimum atomic E-state index is 0.0843. The van der Waals surface area contributed by atoms with Crippen LogP contribution in [-0.2, 0) is 11.3 Å². The molecule has 0 radical (unpaired) electrons. The number of aromatic amines is 1. The van der Waals surface area contributed by atoms with Crippen LogP contribution in [0.5, 0.6) is 0 Å². The highest BCUT2D eigenvalue weighted by Crippen LogP contribution is 2.33. The van der Waals surface area contributed by atoms with Crippen LogP contribution in [-0.4, -0.2) is 40.3 Å². The Hall–Kier alpha value is -1.66. The second-order valence-electron chi connectivity index (χ2n) is 7.48. The van der Waals surface area contributed by atoms with Crippen molar-refractivity contribution in [3.05, 3.63) is 39.8 Å². The molecule has 26 heavy (non-hydrogen) atoms. The number of hydrogen-bond donors (Lipinski definition) is 1. The summed E-state index contributed by atoms with van der Waals surface area (Å²) in [5, 5.41) is 11.5. The molecule has 2 aliphatic rings. The lowest BCUT2D eigenvalue weighted by atomic mass is 9.85. The summed E-state index contributed by atoms with van der Waals surface area (Å²) < 4.78 is 5.80. The number of rotatable bonds is 6. The minimum absolute atomic E-state index is 0.0843. The summed E-state index contributed by atoms with van der Waals surface area (Å²) in [5.41, 5.74) is 2.98. The monoisotopic (exact) mass is 373 g/mol. The zero-order valence-electron chi connectivity index (χ0n) is 15.2. The van der Waals surface area contributed by atoms with E-state index in [1.165, 1.54) is 24.8 Å². The van der Waals surface area contributed by atoms with Gasteiger partial charge in [0, 0.05) is 25.6 Å². The third-order valence-electron chi connectivity index (χ3n) is 5.60. The molecule has 2 fully saturated rings. The van der Waals surface area contributed by atoms with E-state index in [1.807, 2.05) is 4.90 Å². The van der Waals surface area contributed by atoms with E-state index in [-0.39, 0.29) is 12.0 Å². The van der Waals surface area contributed by atoms with Gasteiger partial charge in [0.1, 0.15) is 0 Å². The van der Waals surface area contributed by atoms with Crippen LogP contribution in [0.2, 0.25) is 0 Å². The predicted octanol–water partition coefficient (Wildman–Crippen LogP) is 4.34. The van der Waals surface area contributed by atoms with Gasteiger partial charge in [0.15, 0.2) is 0 Å². The fourth-order valence-corrected chi connectivity index (χ4v) is 4.86. The van der Waals surface area contributed by atoms with Crippen LogP contribution in [0.3, 0.4) is 0 Å². The molecule has 1 saturated heterocycles. The Labute approximate surface area is 158 Å². The standard InChI is InChI=1S/C20H27N3O2S/c24-20(18-11-21-22-19(18)16-5-2-1-3-6-16)23(12-15-8-10-26-14-15)13-17-7-4-9-25-17/h8,10-11,14,16-17H,1-7,9,12-13H2,(H,21,22)/t17-/m0/s1. The molecule has 140 valence electrons. The van der Waals surface area contributed by atoms with Crippen LogP contribution in [0, 0.1) is 0 Å². The van der Waals surface area contributed by atoms with E-state index in [2.05, 4.69) is 27.0 Å². The average Bonchev–Trinajstić information content (AvgIpc) is 3.43. The zero-order chi connectivity index (χ0) is 17.8. The number of nitrogens with one attached hydrogen (secondary N) is 1. The fraction of sp³-hybridized carbons (Fsp3) is 0.600. The quantitative estimate of drug-likeness (QED) is 0.819. The summed E-state index contributed by atoms with van der Waals surface area (Å²) >= 11 is 1.67. The molecule has 4 rings (SSSR count). The summed E-state index contributed by atoms with van der Waals surface area (Å²) in [4.78, 5) is 15.4. The van der Waals surface area contributed by atoms with E-state index in [1.54, 1.807) is 17.5 Å². The number of carbonyl (C=O) groups excluding carboxylic acids is 1. The second-order valence-corrected chi connectivity index (χ2v) is 8.26. The van der Waals surface area contributed by atoms with Crippen molar-refractivity contribution in [3.63, 3.8) is 0 Å². The van der Waals surface area contributed by atoms with Crippen molar-refractivity contribution in [2.24, 2.45) is 0 Å². The van der Waals surface area contributed by atoms with Gasteiger partial charge in [-0.3, -0.25) is 9.89 Å². The third-order valence-corrected chi connectivity index (χ3v) is 6.33. The number of thiophene rings is 1. The maximum absolute atomic E-state index is 13.4. The molecule has 2 aromatic heterocycles. The summed E-state index contributed by atoms with van der Waals surface area (Å²) in [5.74, 6) is 0.525. The number of carbonyl (C=O) groups is 1. The smallest absolute Gasteiger partial charge is 0.257 e. The van der Waals surface area contributed by atoms with E-state index in [4.69, 9.17) is 4.74 Å². The largest absolute Gasteiger partial charge is 0.376 e. The molecule has 1 amide bonds. The highest BCUT2D eigenvalue weighted by atomic mass is 32.1. The molecule has 0 unspecified atom stereocenters. The lowest BCUT2D eigenvalue weighted by Gasteiger charge is -2.27. The first-order valence-electron chi connectivity index (χ1n) is 9.76. The van der Waals surface area contributed by atoms with E-state index < -0.39 is 0 Å². The fourth-order valence-electron chi connectivity index (χ4n) is 4.20. The van der Waals surface area contributed by atoms with Crippen LogP contribution in [0.4, 0.5) is 0 Å². The number of H-pyrrole nitrogens is 1. The molecule has 0 bridgehead atoms. The lowest BCUT2D eigenvalue weighted by molar-refractivity contribution is 0.0506. The molecular weight excluding hydrogens is 346 g/mol. The van der Waals surface area contributed by atoms with Gasteiger partial charge in [0.25, 0.3) is 5.91 Å². The maximum Gasteiger partial charge on any atom is 0.257 e. The topological polar surface area (TPSA) is 58.2 Å². The number of hydrogen-bond acceptors (Lipinski definition) is 4. The Bertz CT molecular complexity index is 700. The SMILES string of the molecule is O=C(c1cn[nH]c1C1CCCCC1)N(Cc1ccsc1)C[C@@H]1CCCO1. The Morgan fingerprint density at radius 3 is 2.88 bits per heavy atom. The van der Waals surface area contributed by atoms with Gasteiger partial charge >= 0.3 is 0 Å². The van der Waals surface area contributed by atoms with Crippen molar-refractivity contribution in [1.29, 1.82) is 0 Å². The van der Waals surface area contributed by atoms with Gasteiger partial charge in [-0.05, 0) is 48.1 Å². The predicted molar refractivity (Wildman–Crippen MR) is 102 cm³/mol. The molecule has 1 aliphatic carbocycles. The number of aromatic nitrogens is 2. The van der Waals surface area contributed by atoms with Gasteiger partial charge in [-0.2, -0.15) is 16.4 Å². The van der Waals surface area contributed by atoms with Crippen molar-refractivity contribution >= 4 is 17.2 Å². The summed E-state index contributed by atoms with van der Waals surface area (Å²) in [6, 6.07) is 2.10. The molecular formula is C20H27N3O2S. The van der Waals surface area contributed by atoms with Gasteiger partial charge in [-0.1, -0.05) is 19.3 Å². The van der Waals surface area contributed by atoms with Crippen molar-refractivity contribution < 1.29 is 9.53 Å². The summed E-state index contributed by atoms with van der Waals surface area (Å²) in [6.07, 6.45) is 10.1.